The van der Waals surface area contributed by atoms with Gasteiger partial charge in [-0.2, -0.15) is 0 Å². The van der Waals surface area contributed by atoms with E-state index < -0.39 is 4.92 Å². The smallest absolute Gasteiger partial charge is 0.404 e. The number of nitrogens with zero attached hydrogens (tertiary/aromatic N) is 2. The van der Waals surface area contributed by atoms with E-state index in [1.807, 2.05) is 0 Å². The highest BCUT2D eigenvalue weighted by Crippen LogP contribution is 2.39. The van der Waals surface area contributed by atoms with Gasteiger partial charge in [-0.1, -0.05) is 19.3 Å². The zero-order valence-corrected chi connectivity index (χ0v) is 14.7. The molecule has 1 aliphatic carbocycles. The predicted molar refractivity (Wildman–Crippen MR) is 93.6 cm³/mol. The molecule has 1 N–H and O–H groups in total. The first-order chi connectivity index (χ1) is 10.3. The first-order valence-corrected chi connectivity index (χ1v) is 7.94. The number of piperazine rings is 1. The Labute approximate surface area is 148 Å². The van der Waals surface area contributed by atoms with Crippen LogP contribution in [0.3, 0.4) is 0 Å². The van der Waals surface area contributed by atoms with E-state index in [-0.39, 0.29) is 36.7 Å². The molecule has 1 atom stereocenters. The number of hydrogen-bond acceptors (Lipinski definition) is 5. The van der Waals surface area contributed by atoms with Crippen molar-refractivity contribution < 1.29 is 9.34 Å². The maximum atomic E-state index is 10.9. The van der Waals surface area contributed by atoms with Gasteiger partial charge in [-0.15, -0.1) is 24.8 Å². The van der Waals surface area contributed by atoms with E-state index in [1.165, 1.54) is 38.2 Å². The van der Waals surface area contributed by atoms with E-state index in [0.29, 0.717) is 5.92 Å². The van der Waals surface area contributed by atoms with E-state index in [2.05, 4.69) is 10.2 Å². The average molecular weight is 366 g/mol. The molecule has 1 aliphatic heterocycles. The first-order valence-electron chi connectivity index (χ1n) is 7.94. The van der Waals surface area contributed by atoms with E-state index in [0.717, 1.165) is 31.9 Å². The number of halogens is 2. The molecular formula is C15H25Cl2N3O3. The molecule has 0 aromatic carbocycles. The summed E-state index contributed by atoms with van der Waals surface area (Å²) in [6.45, 7) is 3.92. The van der Waals surface area contributed by atoms with Gasteiger partial charge >= 0.3 is 5.88 Å². The zero-order valence-electron chi connectivity index (χ0n) is 13.1. The minimum atomic E-state index is -0.445. The van der Waals surface area contributed by atoms with Crippen LogP contribution in [0.2, 0.25) is 0 Å². The Bertz CT molecular complexity index is 468. The van der Waals surface area contributed by atoms with Gasteiger partial charge in [0, 0.05) is 26.2 Å². The second-order valence-electron chi connectivity index (χ2n) is 6.06. The summed E-state index contributed by atoms with van der Waals surface area (Å²) < 4.78 is 5.55. The molecule has 0 bridgehead atoms. The fourth-order valence-electron chi connectivity index (χ4n) is 3.72. The molecule has 1 saturated carbocycles. The van der Waals surface area contributed by atoms with Crippen molar-refractivity contribution in [2.45, 2.75) is 38.1 Å². The highest BCUT2D eigenvalue weighted by atomic mass is 35.5. The fraction of sp³-hybridized carbons (Fsp3) is 0.733. The lowest BCUT2D eigenvalue weighted by molar-refractivity contribution is -0.402. The molecule has 1 aromatic rings. The molecule has 0 amide bonds. The van der Waals surface area contributed by atoms with Crippen LogP contribution in [0.25, 0.3) is 0 Å². The van der Waals surface area contributed by atoms with Crippen LogP contribution in [-0.4, -0.2) is 36.0 Å². The summed E-state index contributed by atoms with van der Waals surface area (Å²) in [5, 5.41) is 14.2. The maximum absolute atomic E-state index is 10.9. The van der Waals surface area contributed by atoms with Crippen LogP contribution in [0.1, 0.15) is 43.9 Å². The normalized spacial score (nSPS) is 21.0. The molecule has 23 heavy (non-hydrogen) atoms. The molecule has 3 rings (SSSR count). The Morgan fingerprint density at radius 3 is 2.39 bits per heavy atom. The minimum Gasteiger partial charge on any atom is -0.404 e. The topological polar surface area (TPSA) is 71.6 Å². The van der Waals surface area contributed by atoms with Crippen molar-refractivity contribution in [3.63, 3.8) is 0 Å². The van der Waals surface area contributed by atoms with Gasteiger partial charge in [0.1, 0.15) is 10.7 Å². The van der Waals surface area contributed by atoms with E-state index >= 15 is 0 Å². The lowest BCUT2D eigenvalue weighted by atomic mass is 9.82. The summed E-state index contributed by atoms with van der Waals surface area (Å²) in [6.07, 6.45) is 6.22. The molecule has 2 heterocycles. The quantitative estimate of drug-likeness (QED) is 0.652. The predicted octanol–water partition coefficient (Wildman–Crippen LogP) is 3.56. The Hall–Kier alpha value is -0.820. The highest BCUT2D eigenvalue weighted by molar-refractivity contribution is 5.85. The van der Waals surface area contributed by atoms with Crippen molar-refractivity contribution in [1.82, 2.24) is 10.2 Å². The minimum absolute atomic E-state index is 0. The molecular weight excluding hydrogens is 341 g/mol. The third-order valence-corrected chi connectivity index (χ3v) is 4.73. The fourth-order valence-corrected chi connectivity index (χ4v) is 3.72. The largest absolute Gasteiger partial charge is 0.433 e. The van der Waals surface area contributed by atoms with Gasteiger partial charge in [-0.05, 0) is 24.8 Å². The van der Waals surface area contributed by atoms with Crippen molar-refractivity contribution >= 4 is 30.7 Å². The lowest BCUT2D eigenvalue weighted by Gasteiger charge is -2.39. The SMILES string of the molecule is Cl.Cl.O=[N+]([O-])c1ccc([C@@H](C2CCCCC2)N2CCNCC2)o1. The molecule has 1 saturated heterocycles. The van der Waals surface area contributed by atoms with Crippen molar-refractivity contribution in [1.29, 1.82) is 0 Å². The molecule has 8 heteroatoms. The second kappa shape index (κ2) is 9.47. The van der Waals surface area contributed by atoms with Crippen LogP contribution >= 0.6 is 24.8 Å². The van der Waals surface area contributed by atoms with Crippen molar-refractivity contribution in [3.8, 4) is 0 Å². The van der Waals surface area contributed by atoms with Gasteiger partial charge in [0.15, 0.2) is 0 Å². The third-order valence-electron chi connectivity index (χ3n) is 4.73. The summed E-state index contributed by atoms with van der Waals surface area (Å²) >= 11 is 0. The monoisotopic (exact) mass is 365 g/mol. The van der Waals surface area contributed by atoms with E-state index in [9.17, 15) is 10.1 Å². The molecule has 0 unspecified atom stereocenters. The molecule has 2 aliphatic rings. The van der Waals surface area contributed by atoms with Crippen LogP contribution in [0.4, 0.5) is 5.88 Å². The van der Waals surface area contributed by atoms with Crippen LogP contribution in [0.5, 0.6) is 0 Å². The van der Waals surface area contributed by atoms with Gasteiger partial charge < -0.3 is 9.73 Å². The van der Waals surface area contributed by atoms with Gasteiger partial charge in [0.05, 0.1) is 12.1 Å². The number of furan rings is 1. The van der Waals surface area contributed by atoms with Crippen LogP contribution in [0.15, 0.2) is 16.5 Å². The van der Waals surface area contributed by atoms with Crippen molar-refractivity contribution in [2.75, 3.05) is 26.2 Å². The standard InChI is InChI=1S/C15H23N3O3.2ClH/c19-18(20)14-7-6-13(21-14)15(12-4-2-1-3-5-12)17-10-8-16-9-11-17;;/h6-7,12,15-16H,1-5,8-11H2;2*1H/t15-;;/m1../s1. The van der Waals surface area contributed by atoms with Crippen molar-refractivity contribution in [3.05, 3.63) is 28.0 Å². The number of nitro groups is 1. The summed E-state index contributed by atoms with van der Waals surface area (Å²) in [5.41, 5.74) is 0. The molecule has 2 fully saturated rings. The molecule has 1 aromatic heterocycles. The lowest BCUT2D eigenvalue weighted by Crippen LogP contribution is -2.47. The number of rotatable bonds is 4. The summed E-state index contributed by atoms with van der Waals surface area (Å²) in [5.74, 6) is 1.19. The zero-order chi connectivity index (χ0) is 14.7. The summed E-state index contributed by atoms with van der Waals surface area (Å²) in [6, 6.07) is 3.49. The molecule has 0 radical (unpaired) electrons. The number of nitrogens with one attached hydrogen (secondary N) is 1. The molecule has 0 spiro atoms. The van der Waals surface area contributed by atoms with Crippen LogP contribution in [0, 0.1) is 16.0 Å². The van der Waals surface area contributed by atoms with Gasteiger partial charge in [-0.25, -0.2) is 0 Å². The Morgan fingerprint density at radius 2 is 1.83 bits per heavy atom. The second-order valence-corrected chi connectivity index (χ2v) is 6.06. The molecule has 6 nitrogen and oxygen atoms in total. The third kappa shape index (κ3) is 4.83. The van der Waals surface area contributed by atoms with Gasteiger partial charge in [0.2, 0.25) is 0 Å². The Kier molecular flexibility index (Phi) is 8.33. The van der Waals surface area contributed by atoms with Crippen molar-refractivity contribution in [2.24, 2.45) is 5.92 Å². The Morgan fingerprint density at radius 1 is 1.17 bits per heavy atom. The summed E-state index contributed by atoms with van der Waals surface area (Å²) in [4.78, 5) is 12.9. The number of hydrogen-bond donors (Lipinski definition) is 1. The summed E-state index contributed by atoms with van der Waals surface area (Å²) in [7, 11) is 0. The van der Waals surface area contributed by atoms with Crippen LogP contribution in [-0.2, 0) is 0 Å². The highest BCUT2D eigenvalue weighted by Gasteiger charge is 2.34. The van der Waals surface area contributed by atoms with Crippen LogP contribution < -0.4 is 5.32 Å². The Balaban J connectivity index is 0.00000132. The van der Waals surface area contributed by atoms with E-state index in [4.69, 9.17) is 4.42 Å². The molecule has 132 valence electrons. The van der Waals surface area contributed by atoms with Gasteiger partial charge in [0.25, 0.3) is 0 Å². The first kappa shape index (κ1) is 20.2. The maximum Gasteiger partial charge on any atom is 0.433 e. The van der Waals surface area contributed by atoms with Gasteiger partial charge in [-0.3, -0.25) is 15.0 Å². The average Bonchev–Trinajstić information content (AvgIpc) is 3.00. The van der Waals surface area contributed by atoms with E-state index in [1.54, 1.807) is 6.07 Å².